The fraction of sp³-hybridized carbons (Fsp3) is 0.548. The molecule has 1 saturated carbocycles. The van der Waals surface area contributed by atoms with Gasteiger partial charge in [-0.1, -0.05) is 56.5 Å². The molecule has 3 rings (SSSR count). The van der Waals surface area contributed by atoms with E-state index in [-0.39, 0.29) is 30.8 Å². The number of amides is 2. The molecule has 0 aliphatic heterocycles. The Kier molecular flexibility index (Phi) is 11.0. The molecule has 0 heterocycles. The summed E-state index contributed by atoms with van der Waals surface area (Å²) in [6, 6.07) is 13.1. The van der Waals surface area contributed by atoms with E-state index < -0.39 is 16.1 Å². The molecule has 0 spiro atoms. The van der Waals surface area contributed by atoms with Crippen LogP contribution in [0.15, 0.2) is 42.5 Å². The Morgan fingerprint density at radius 3 is 2.28 bits per heavy atom. The van der Waals surface area contributed by atoms with Crippen LogP contribution in [0, 0.1) is 20.8 Å². The van der Waals surface area contributed by atoms with Crippen molar-refractivity contribution in [2.24, 2.45) is 0 Å². The molecule has 2 amide bonds. The van der Waals surface area contributed by atoms with Gasteiger partial charge in [-0.3, -0.25) is 13.9 Å². The molecular weight excluding hydrogens is 510 g/mol. The average molecular weight is 556 g/mol. The third-order valence-corrected chi connectivity index (χ3v) is 9.06. The number of nitrogens with one attached hydrogen (secondary N) is 1. The minimum absolute atomic E-state index is 0.0979. The van der Waals surface area contributed by atoms with Crippen LogP contribution in [0.3, 0.4) is 0 Å². The van der Waals surface area contributed by atoms with Crippen LogP contribution in [0.25, 0.3) is 0 Å². The number of rotatable bonds is 12. The summed E-state index contributed by atoms with van der Waals surface area (Å²) < 4.78 is 26.6. The molecule has 1 fully saturated rings. The minimum atomic E-state index is -3.53. The summed E-state index contributed by atoms with van der Waals surface area (Å²) in [6.07, 6.45) is 7.59. The van der Waals surface area contributed by atoms with Crippen molar-refractivity contribution in [1.29, 1.82) is 0 Å². The Hall–Kier alpha value is -2.87. The highest BCUT2D eigenvalue weighted by Gasteiger charge is 2.30. The second kappa shape index (κ2) is 14.0. The Morgan fingerprint density at radius 2 is 1.67 bits per heavy atom. The first-order valence-corrected chi connectivity index (χ1v) is 16.1. The number of anilines is 1. The van der Waals surface area contributed by atoms with Crippen molar-refractivity contribution in [3.63, 3.8) is 0 Å². The first-order valence-electron chi connectivity index (χ1n) is 14.2. The molecule has 8 heteroatoms. The summed E-state index contributed by atoms with van der Waals surface area (Å²) in [5.41, 5.74) is 4.77. The van der Waals surface area contributed by atoms with Gasteiger partial charge in [-0.25, -0.2) is 8.42 Å². The fourth-order valence-electron chi connectivity index (χ4n) is 5.32. The van der Waals surface area contributed by atoms with Gasteiger partial charge in [0.05, 0.1) is 11.9 Å². The summed E-state index contributed by atoms with van der Waals surface area (Å²) in [6.45, 7) is 8.42. The van der Waals surface area contributed by atoms with Gasteiger partial charge in [-0.15, -0.1) is 0 Å². The highest BCUT2D eigenvalue weighted by Crippen LogP contribution is 2.23. The van der Waals surface area contributed by atoms with Gasteiger partial charge in [0.25, 0.3) is 0 Å². The predicted molar refractivity (Wildman–Crippen MR) is 158 cm³/mol. The number of hydrogen-bond acceptors (Lipinski definition) is 4. The third kappa shape index (κ3) is 8.56. The van der Waals surface area contributed by atoms with E-state index in [4.69, 9.17) is 0 Å². The van der Waals surface area contributed by atoms with Crippen LogP contribution in [0.1, 0.15) is 80.5 Å². The highest BCUT2D eigenvalue weighted by molar-refractivity contribution is 7.92. The number of aryl methyl sites for hydroxylation is 3. The van der Waals surface area contributed by atoms with Crippen molar-refractivity contribution in [1.82, 2.24) is 10.2 Å². The molecule has 0 saturated heterocycles. The number of hydrogen-bond donors (Lipinski definition) is 1. The van der Waals surface area contributed by atoms with Crippen molar-refractivity contribution >= 4 is 27.5 Å². The summed E-state index contributed by atoms with van der Waals surface area (Å²) in [4.78, 5) is 28.8. The molecule has 0 bridgehead atoms. The standard InChI is InChI=1S/C31H45N3O4S/c1-6-29(31(36)32-27-15-8-7-9-16-27)33(22-26-14-11-10-13-24(26)3)30(35)17-12-20-34(39(5,37)38)28-19-18-23(2)25(4)21-28/h10-11,13-14,18-19,21,27,29H,6-9,12,15-17,20,22H2,1-5H3,(H,32,36)/t29-/m0/s1. The van der Waals surface area contributed by atoms with Gasteiger partial charge >= 0.3 is 0 Å². The minimum Gasteiger partial charge on any atom is -0.352 e. The van der Waals surface area contributed by atoms with Crippen LogP contribution in [0.5, 0.6) is 0 Å². The van der Waals surface area contributed by atoms with Crippen molar-refractivity contribution in [3.05, 3.63) is 64.7 Å². The maximum Gasteiger partial charge on any atom is 0.243 e. The quantitative estimate of drug-likeness (QED) is 0.379. The van der Waals surface area contributed by atoms with Crippen molar-refractivity contribution in [2.75, 3.05) is 17.1 Å². The molecule has 7 nitrogen and oxygen atoms in total. The molecule has 1 aliphatic carbocycles. The van der Waals surface area contributed by atoms with Crippen molar-refractivity contribution < 1.29 is 18.0 Å². The van der Waals surface area contributed by atoms with Crippen LogP contribution >= 0.6 is 0 Å². The van der Waals surface area contributed by atoms with Crippen LogP contribution < -0.4 is 9.62 Å². The van der Waals surface area contributed by atoms with E-state index >= 15 is 0 Å². The second-order valence-electron chi connectivity index (χ2n) is 10.9. The fourth-order valence-corrected chi connectivity index (χ4v) is 6.28. The number of carbonyl (C=O) groups excluding carboxylic acids is 2. The van der Waals surface area contributed by atoms with Crippen molar-refractivity contribution in [2.45, 2.75) is 97.7 Å². The Balaban J connectivity index is 1.77. The first kappa shape index (κ1) is 30.7. The molecular formula is C31H45N3O4S. The lowest BCUT2D eigenvalue weighted by molar-refractivity contribution is -0.141. The molecule has 214 valence electrons. The zero-order valence-electron chi connectivity index (χ0n) is 24.2. The van der Waals surface area contributed by atoms with Gasteiger partial charge in [0, 0.05) is 25.6 Å². The molecule has 39 heavy (non-hydrogen) atoms. The molecule has 2 aromatic carbocycles. The van der Waals surface area contributed by atoms with E-state index in [9.17, 15) is 18.0 Å². The van der Waals surface area contributed by atoms with Crippen LogP contribution in [0.4, 0.5) is 5.69 Å². The smallest absolute Gasteiger partial charge is 0.243 e. The van der Waals surface area contributed by atoms with E-state index in [1.54, 1.807) is 11.0 Å². The normalized spacial score (nSPS) is 15.0. The van der Waals surface area contributed by atoms with Gasteiger partial charge in [0.2, 0.25) is 21.8 Å². The zero-order valence-corrected chi connectivity index (χ0v) is 25.0. The summed E-state index contributed by atoms with van der Waals surface area (Å²) in [7, 11) is -3.53. The Bertz CT molecular complexity index is 1240. The largest absolute Gasteiger partial charge is 0.352 e. The molecule has 0 radical (unpaired) electrons. The molecule has 0 unspecified atom stereocenters. The lowest BCUT2D eigenvalue weighted by Crippen LogP contribution is -2.51. The molecule has 2 aromatic rings. The number of benzene rings is 2. The van der Waals surface area contributed by atoms with E-state index in [1.807, 2.05) is 64.1 Å². The summed E-state index contributed by atoms with van der Waals surface area (Å²) in [5, 5.41) is 3.21. The third-order valence-electron chi connectivity index (χ3n) is 7.87. The maximum atomic E-state index is 13.7. The van der Waals surface area contributed by atoms with Crippen molar-refractivity contribution in [3.8, 4) is 0 Å². The molecule has 1 atom stereocenters. The van der Waals surface area contributed by atoms with Gasteiger partial charge < -0.3 is 10.2 Å². The van der Waals surface area contributed by atoms with Crippen LogP contribution in [-0.4, -0.2) is 50.0 Å². The lowest BCUT2D eigenvalue weighted by atomic mass is 9.95. The van der Waals surface area contributed by atoms with E-state index in [1.165, 1.54) is 17.0 Å². The number of nitrogens with zero attached hydrogens (tertiary/aromatic N) is 2. The van der Waals surface area contributed by atoms with Crippen LogP contribution in [-0.2, 0) is 26.2 Å². The summed E-state index contributed by atoms with van der Waals surface area (Å²) in [5.74, 6) is -0.239. The second-order valence-corrected chi connectivity index (χ2v) is 12.8. The Morgan fingerprint density at radius 1 is 0.974 bits per heavy atom. The predicted octanol–water partition coefficient (Wildman–Crippen LogP) is 5.41. The number of carbonyl (C=O) groups is 2. The lowest BCUT2D eigenvalue weighted by Gasteiger charge is -2.33. The SMILES string of the molecule is CC[C@@H](C(=O)NC1CCCCC1)N(Cc1ccccc1C)C(=O)CCCN(c1ccc(C)c(C)c1)S(C)(=O)=O. The Labute approximate surface area is 235 Å². The van der Waals surface area contributed by atoms with Gasteiger partial charge in [0.15, 0.2) is 0 Å². The zero-order chi connectivity index (χ0) is 28.6. The van der Waals surface area contributed by atoms with Gasteiger partial charge in [0.1, 0.15) is 6.04 Å². The summed E-state index contributed by atoms with van der Waals surface area (Å²) >= 11 is 0. The monoisotopic (exact) mass is 555 g/mol. The first-order chi connectivity index (χ1) is 18.5. The maximum absolute atomic E-state index is 13.7. The van der Waals surface area contributed by atoms with E-state index in [0.29, 0.717) is 25.1 Å². The van der Waals surface area contributed by atoms with E-state index in [0.717, 1.165) is 47.9 Å². The van der Waals surface area contributed by atoms with Crippen LogP contribution in [0.2, 0.25) is 0 Å². The van der Waals surface area contributed by atoms with Gasteiger partial charge in [-0.05, 0) is 80.8 Å². The molecule has 0 aromatic heterocycles. The highest BCUT2D eigenvalue weighted by atomic mass is 32.2. The van der Waals surface area contributed by atoms with Gasteiger partial charge in [-0.2, -0.15) is 0 Å². The molecule has 1 N–H and O–H groups in total. The topological polar surface area (TPSA) is 86.8 Å². The molecule has 1 aliphatic rings. The number of sulfonamides is 1. The average Bonchev–Trinajstić information content (AvgIpc) is 2.89. The van der Waals surface area contributed by atoms with E-state index in [2.05, 4.69) is 5.32 Å².